The highest BCUT2D eigenvalue weighted by Gasteiger charge is 2.31. The highest BCUT2D eigenvalue weighted by molar-refractivity contribution is 5.97. The van der Waals surface area contributed by atoms with Gasteiger partial charge < -0.3 is 15.8 Å². The van der Waals surface area contributed by atoms with E-state index in [-0.39, 0.29) is 5.84 Å². The van der Waals surface area contributed by atoms with Crippen LogP contribution in [0, 0.1) is 0 Å². The number of anilines is 1. The van der Waals surface area contributed by atoms with Crippen LogP contribution in [-0.4, -0.2) is 48.2 Å². The maximum atomic E-state index is 8.64. The number of rotatable bonds is 3. The number of hydrogen-bond donors (Lipinski definition) is 2. The zero-order chi connectivity index (χ0) is 13.2. The van der Waals surface area contributed by atoms with Crippen LogP contribution in [0.4, 0.5) is 5.69 Å². The lowest BCUT2D eigenvalue weighted by Gasteiger charge is -2.36. The maximum Gasteiger partial charge on any atom is 0.170 e. The molecule has 3 rings (SSSR count). The molecule has 1 saturated carbocycles. The van der Waals surface area contributed by atoms with E-state index in [0.717, 1.165) is 37.8 Å². The molecule has 1 aromatic rings. The molecule has 1 aromatic carbocycles. The van der Waals surface area contributed by atoms with Crippen molar-refractivity contribution in [3.63, 3.8) is 0 Å². The number of nitrogens with two attached hydrogens (primary N) is 1. The number of piperazine rings is 1. The summed E-state index contributed by atoms with van der Waals surface area (Å²) < 4.78 is 0. The van der Waals surface area contributed by atoms with E-state index in [1.807, 2.05) is 24.3 Å². The molecule has 1 aliphatic carbocycles. The van der Waals surface area contributed by atoms with Gasteiger partial charge in [-0.25, -0.2) is 0 Å². The molecule has 19 heavy (non-hydrogen) atoms. The van der Waals surface area contributed by atoms with Crippen molar-refractivity contribution in [1.82, 2.24) is 4.90 Å². The minimum absolute atomic E-state index is 0.158. The van der Waals surface area contributed by atoms with Gasteiger partial charge in [0.15, 0.2) is 5.84 Å². The number of oxime groups is 1. The molecule has 0 radical (unpaired) electrons. The molecule has 2 aliphatic rings. The summed E-state index contributed by atoms with van der Waals surface area (Å²) in [6.45, 7) is 4.48. The van der Waals surface area contributed by atoms with E-state index in [1.165, 1.54) is 18.5 Å². The molecular weight excluding hydrogens is 240 g/mol. The molecule has 0 spiro atoms. The number of benzene rings is 1. The summed E-state index contributed by atoms with van der Waals surface area (Å²) in [4.78, 5) is 5.00. The van der Waals surface area contributed by atoms with Crippen molar-refractivity contribution in [2.75, 3.05) is 31.1 Å². The van der Waals surface area contributed by atoms with Gasteiger partial charge >= 0.3 is 0 Å². The number of nitrogens with zero attached hydrogens (tertiary/aromatic N) is 3. The Kier molecular flexibility index (Phi) is 3.29. The van der Waals surface area contributed by atoms with Crippen LogP contribution < -0.4 is 10.6 Å². The molecule has 3 N–H and O–H groups in total. The van der Waals surface area contributed by atoms with Crippen LogP contribution in [0.2, 0.25) is 0 Å². The molecular formula is C14H20N4O. The Morgan fingerprint density at radius 2 is 1.74 bits per heavy atom. The van der Waals surface area contributed by atoms with Crippen molar-refractivity contribution in [3.8, 4) is 0 Å². The first-order valence-electron chi connectivity index (χ1n) is 6.85. The maximum absolute atomic E-state index is 8.64. The number of hydrogen-bond acceptors (Lipinski definition) is 4. The summed E-state index contributed by atoms with van der Waals surface area (Å²) in [5.74, 6) is 0.158. The molecule has 1 aliphatic heterocycles. The van der Waals surface area contributed by atoms with Gasteiger partial charge in [-0.15, -0.1) is 0 Å². The standard InChI is InChI=1S/C14H20N4O/c15-14(16-19)11-1-3-12(4-2-11)17-7-9-18(10-8-17)13-5-6-13/h1-4,13,19H,5-10H2,(H2,15,16). The lowest BCUT2D eigenvalue weighted by atomic mass is 10.1. The quantitative estimate of drug-likeness (QED) is 0.369. The van der Waals surface area contributed by atoms with Gasteiger partial charge in [0.1, 0.15) is 0 Å². The summed E-state index contributed by atoms with van der Waals surface area (Å²) in [6.07, 6.45) is 2.77. The zero-order valence-electron chi connectivity index (χ0n) is 11.0. The van der Waals surface area contributed by atoms with Crippen LogP contribution in [0.3, 0.4) is 0 Å². The average Bonchev–Trinajstić information content (AvgIpc) is 3.31. The fraction of sp³-hybridized carbons (Fsp3) is 0.500. The minimum Gasteiger partial charge on any atom is -0.409 e. The first kappa shape index (κ1) is 12.3. The van der Waals surface area contributed by atoms with Crippen molar-refractivity contribution in [2.24, 2.45) is 10.9 Å². The average molecular weight is 260 g/mol. The predicted molar refractivity (Wildman–Crippen MR) is 75.8 cm³/mol. The molecule has 5 nitrogen and oxygen atoms in total. The Bertz CT molecular complexity index is 459. The molecule has 1 saturated heterocycles. The van der Waals surface area contributed by atoms with Crippen molar-refractivity contribution in [3.05, 3.63) is 29.8 Å². The molecule has 0 aromatic heterocycles. The fourth-order valence-electron chi connectivity index (χ4n) is 2.69. The third kappa shape index (κ3) is 2.66. The number of amidine groups is 1. The SMILES string of the molecule is NC(=NO)c1ccc(N2CCN(C3CC3)CC2)cc1. The molecule has 5 heteroatoms. The van der Waals surface area contributed by atoms with Crippen LogP contribution in [0.1, 0.15) is 18.4 Å². The third-order valence-corrected chi connectivity index (χ3v) is 4.01. The van der Waals surface area contributed by atoms with E-state index in [0.29, 0.717) is 0 Å². The van der Waals surface area contributed by atoms with Gasteiger partial charge in [-0.1, -0.05) is 5.16 Å². The third-order valence-electron chi connectivity index (χ3n) is 4.01. The molecule has 0 amide bonds. The van der Waals surface area contributed by atoms with Gasteiger partial charge in [-0.3, -0.25) is 4.90 Å². The van der Waals surface area contributed by atoms with Gasteiger partial charge in [0.05, 0.1) is 0 Å². The van der Waals surface area contributed by atoms with Gasteiger partial charge in [0.25, 0.3) is 0 Å². The van der Waals surface area contributed by atoms with Gasteiger partial charge in [0.2, 0.25) is 0 Å². The van der Waals surface area contributed by atoms with E-state index >= 15 is 0 Å². The largest absolute Gasteiger partial charge is 0.409 e. The summed E-state index contributed by atoms with van der Waals surface area (Å²) in [5.41, 5.74) is 7.53. The Morgan fingerprint density at radius 3 is 2.26 bits per heavy atom. The monoisotopic (exact) mass is 260 g/mol. The van der Waals surface area contributed by atoms with Crippen LogP contribution >= 0.6 is 0 Å². The summed E-state index contributed by atoms with van der Waals surface area (Å²) in [7, 11) is 0. The predicted octanol–water partition coefficient (Wildman–Crippen LogP) is 1.07. The van der Waals surface area contributed by atoms with Gasteiger partial charge in [0, 0.05) is 43.5 Å². The molecule has 2 fully saturated rings. The van der Waals surface area contributed by atoms with Crippen LogP contribution in [0.25, 0.3) is 0 Å². The second-order valence-corrected chi connectivity index (χ2v) is 5.29. The first-order chi connectivity index (χ1) is 9.28. The summed E-state index contributed by atoms with van der Waals surface area (Å²) in [6, 6.07) is 8.75. The normalized spacial score (nSPS) is 21.7. The van der Waals surface area contributed by atoms with Crippen molar-refractivity contribution in [1.29, 1.82) is 0 Å². The van der Waals surface area contributed by atoms with Gasteiger partial charge in [-0.05, 0) is 37.1 Å². The first-order valence-corrected chi connectivity index (χ1v) is 6.85. The Balaban J connectivity index is 1.63. The van der Waals surface area contributed by atoms with Crippen LogP contribution in [0.15, 0.2) is 29.4 Å². The van der Waals surface area contributed by atoms with Crippen molar-refractivity contribution >= 4 is 11.5 Å². The summed E-state index contributed by atoms with van der Waals surface area (Å²) in [5, 5.41) is 11.7. The summed E-state index contributed by atoms with van der Waals surface area (Å²) >= 11 is 0. The second kappa shape index (κ2) is 5.09. The fourth-order valence-corrected chi connectivity index (χ4v) is 2.69. The Hall–Kier alpha value is -1.75. The van der Waals surface area contributed by atoms with E-state index < -0.39 is 0 Å². The highest BCUT2D eigenvalue weighted by Crippen LogP contribution is 2.28. The van der Waals surface area contributed by atoms with Crippen molar-refractivity contribution < 1.29 is 5.21 Å². The molecule has 1 heterocycles. The lowest BCUT2D eigenvalue weighted by molar-refractivity contribution is 0.248. The molecule has 102 valence electrons. The Labute approximate surface area is 113 Å². The molecule has 0 bridgehead atoms. The second-order valence-electron chi connectivity index (χ2n) is 5.29. The van der Waals surface area contributed by atoms with E-state index in [4.69, 9.17) is 10.9 Å². The van der Waals surface area contributed by atoms with E-state index in [1.54, 1.807) is 0 Å². The van der Waals surface area contributed by atoms with E-state index in [9.17, 15) is 0 Å². The zero-order valence-corrected chi connectivity index (χ0v) is 11.0. The van der Waals surface area contributed by atoms with Crippen LogP contribution in [-0.2, 0) is 0 Å². The lowest BCUT2D eigenvalue weighted by Crippen LogP contribution is -2.47. The topological polar surface area (TPSA) is 65.1 Å². The molecule has 0 atom stereocenters. The van der Waals surface area contributed by atoms with E-state index in [2.05, 4.69) is 15.0 Å². The highest BCUT2D eigenvalue weighted by atomic mass is 16.4. The minimum atomic E-state index is 0.158. The van der Waals surface area contributed by atoms with Gasteiger partial charge in [-0.2, -0.15) is 0 Å². The smallest absolute Gasteiger partial charge is 0.170 e. The Morgan fingerprint density at radius 1 is 1.11 bits per heavy atom. The molecule has 0 unspecified atom stereocenters. The van der Waals surface area contributed by atoms with Crippen molar-refractivity contribution in [2.45, 2.75) is 18.9 Å². The van der Waals surface area contributed by atoms with Crippen LogP contribution in [0.5, 0.6) is 0 Å².